The SMILES string of the molecule is CC1(C)CCN(c2ccc(N)cc2S(N)(=O)=O)CC1. The summed E-state index contributed by atoms with van der Waals surface area (Å²) in [6, 6.07) is 4.89. The van der Waals surface area contributed by atoms with Crippen molar-refractivity contribution in [3.05, 3.63) is 18.2 Å². The first-order valence-electron chi connectivity index (χ1n) is 6.36. The number of nitrogen functional groups attached to an aromatic ring is 1. The molecule has 0 spiro atoms. The fraction of sp³-hybridized carbons (Fsp3) is 0.538. The fourth-order valence-electron chi connectivity index (χ4n) is 2.37. The zero-order valence-corrected chi connectivity index (χ0v) is 12.2. The van der Waals surface area contributed by atoms with Crippen LogP contribution in [0, 0.1) is 5.41 Å². The van der Waals surface area contributed by atoms with E-state index < -0.39 is 10.0 Å². The highest BCUT2D eigenvalue weighted by atomic mass is 32.2. The minimum absolute atomic E-state index is 0.118. The van der Waals surface area contributed by atoms with Crippen LogP contribution in [-0.2, 0) is 10.0 Å². The predicted molar refractivity (Wildman–Crippen MR) is 77.5 cm³/mol. The molecule has 0 unspecified atom stereocenters. The van der Waals surface area contributed by atoms with Gasteiger partial charge in [0.05, 0.1) is 5.69 Å². The number of piperidine rings is 1. The summed E-state index contributed by atoms with van der Waals surface area (Å²) < 4.78 is 23.3. The second kappa shape index (κ2) is 4.68. The van der Waals surface area contributed by atoms with Gasteiger partial charge in [0.2, 0.25) is 10.0 Å². The number of primary sulfonamides is 1. The smallest absolute Gasteiger partial charge is 0.240 e. The van der Waals surface area contributed by atoms with E-state index in [-0.39, 0.29) is 4.90 Å². The van der Waals surface area contributed by atoms with Crippen LogP contribution in [0.25, 0.3) is 0 Å². The van der Waals surface area contributed by atoms with Gasteiger partial charge in [-0.1, -0.05) is 13.8 Å². The highest BCUT2D eigenvalue weighted by Crippen LogP contribution is 2.35. The highest BCUT2D eigenvalue weighted by molar-refractivity contribution is 7.89. The molecule has 0 radical (unpaired) electrons. The predicted octanol–water partition coefficient (Wildman–Crippen LogP) is 1.54. The number of nitrogens with zero attached hydrogens (tertiary/aromatic N) is 1. The lowest BCUT2D eigenvalue weighted by atomic mass is 9.82. The Bertz CT molecular complexity index is 572. The molecule has 1 fully saturated rings. The van der Waals surface area contributed by atoms with E-state index in [1.165, 1.54) is 6.07 Å². The molecule has 19 heavy (non-hydrogen) atoms. The normalized spacial score (nSPS) is 19.4. The number of hydrogen-bond donors (Lipinski definition) is 2. The van der Waals surface area contributed by atoms with E-state index in [0.29, 0.717) is 16.8 Å². The molecule has 2 rings (SSSR count). The molecule has 0 aliphatic carbocycles. The van der Waals surface area contributed by atoms with Crippen molar-refractivity contribution in [2.24, 2.45) is 10.6 Å². The Morgan fingerprint density at radius 2 is 1.79 bits per heavy atom. The molecular weight excluding hydrogens is 262 g/mol. The molecule has 6 heteroatoms. The molecule has 0 atom stereocenters. The van der Waals surface area contributed by atoms with Crippen LogP contribution in [-0.4, -0.2) is 21.5 Å². The standard InChI is InChI=1S/C13H21N3O2S/c1-13(2)5-7-16(8-6-13)11-4-3-10(14)9-12(11)19(15,17)18/h3-4,9H,5-8,14H2,1-2H3,(H2,15,17,18). The van der Waals surface area contributed by atoms with Crippen molar-refractivity contribution in [2.75, 3.05) is 23.7 Å². The first-order chi connectivity index (χ1) is 8.69. The Hall–Kier alpha value is -1.27. The van der Waals surface area contributed by atoms with E-state index in [4.69, 9.17) is 10.9 Å². The van der Waals surface area contributed by atoms with Crippen LogP contribution < -0.4 is 15.8 Å². The average Bonchev–Trinajstić information content (AvgIpc) is 2.28. The van der Waals surface area contributed by atoms with Gasteiger partial charge in [-0.3, -0.25) is 0 Å². The monoisotopic (exact) mass is 283 g/mol. The fourth-order valence-corrected chi connectivity index (χ4v) is 3.16. The van der Waals surface area contributed by atoms with Gasteiger partial charge in [-0.25, -0.2) is 13.6 Å². The van der Waals surface area contributed by atoms with Crippen LogP contribution >= 0.6 is 0 Å². The topological polar surface area (TPSA) is 89.4 Å². The van der Waals surface area contributed by atoms with Crippen molar-refractivity contribution in [2.45, 2.75) is 31.6 Å². The van der Waals surface area contributed by atoms with Crippen molar-refractivity contribution in [1.82, 2.24) is 0 Å². The Kier molecular flexibility index (Phi) is 3.49. The molecule has 1 aliphatic rings. The van der Waals surface area contributed by atoms with Gasteiger partial charge >= 0.3 is 0 Å². The Balaban J connectivity index is 2.36. The molecule has 5 nitrogen and oxygen atoms in total. The van der Waals surface area contributed by atoms with Gasteiger partial charge in [0, 0.05) is 18.8 Å². The molecule has 1 aromatic carbocycles. The second-order valence-electron chi connectivity index (χ2n) is 5.92. The van der Waals surface area contributed by atoms with E-state index in [1.54, 1.807) is 12.1 Å². The minimum Gasteiger partial charge on any atom is -0.399 e. The third-order valence-electron chi connectivity index (χ3n) is 3.75. The molecule has 1 saturated heterocycles. The molecular formula is C13H21N3O2S. The largest absolute Gasteiger partial charge is 0.399 e. The maximum Gasteiger partial charge on any atom is 0.240 e. The van der Waals surface area contributed by atoms with Crippen LogP contribution in [0.3, 0.4) is 0 Å². The number of hydrogen-bond acceptors (Lipinski definition) is 4. The minimum atomic E-state index is -3.76. The van der Waals surface area contributed by atoms with Crippen molar-refractivity contribution in [3.8, 4) is 0 Å². The van der Waals surface area contributed by atoms with Gasteiger partial charge in [-0.15, -0.1) is 0 Å². The summed E-state index contributed by atoms with van der Waals surface area (Å²) >= 11 is 0. The Morgan fingerprint density at radius 3 is 2.32 bits per heavy atom. The zero-order valence-electron chi connectivity index (χ0n) is 11.4. The van der Waals surface area contributed by atoms with Crippen LogP contribution in [0.2, 0.25) is 0 Å². The molecule has 0 bridgehead atoms. The maximum absolute atomic E-state index is 11.7. The molecule has 1 aliphatic heterocycles. The molecule has 0 aromatic heterocycles. The molecule has 0 saturated carbocycles. The van der Waals surface area contributed by atoms with Crippen molar-refractivity contribution in [1.29, 1.82) is 0 Å². The number of anilines is 2. The average molecular weight is 283 g/mol. The zero-order chi connectivity index (χ0) is 14.3. The maximum atomic E-state index is 11.7. The quantitative estimate of drug-likeness (QED) is 0.806. The van der Waals surface area contributed by atoms with Crippen LogP contribution in [0.4, 0.5) is 11.4 Å². The van der Waals surface area contributed by atoms with Crippen LogP contribution in [0.1, 0.15) is 26.7 Å². The molecule has 1 heterocycles. The number of sulfonamides is 1. The number of nitrogens with two attached hydrogens (primary N) is 2. The van der Waals surface area contributed by atoms with Crippen LogP contribution in [0.15, 0.2) is 23.1 Å². The number of benzene rings is 1. The first-order valence-corrected chi connectivity index (χ1v) is 7.91. The van der Waals surface area contributed by atoms with E-state index in [0.717, 1.165) is 25.9 Å². The van der Waals surface area contributed by atoms with Gasteiger partial charge in [0.1, 0.15) is 4.90 Å². The van der Waals surface area contributed by atoms with Gasteiger partial charge in [0.25, 0.3) is 0 Å². The third kappa shape index (κ3) is 3.19. The Labute approximate surface area is 114 Å². The van der Waals surface area contributed by atoms with E-state index >= 15 is 0 Å². The van der Waals surface area contributed by atoms with E-state index in [9.17, 15) is 8.42 Å². The van der Waals surface area contributed by atoms with Crippen molar-refractivity contribution < 1.29 is 8.42 Å². The Morgan fingerprint density at radius 1 is 1.21 bits per heavy atom. The molecule has 4 N–H and O–H groups in total. The van der Waals surface area contributed by atoms with E-state index in [1.807, 2.05) is 0 Å². The van der Waals surface area contributed by atoms with Crippen molar-refractivity contribution in [3.63, 3.8) is 0 Å². The van der Waals surface area contributed by atoms with Crippen molar-refractivity contribution >= 4 is 21.4 Å². The summed E-state index contributed by atoms with van der Waals surface area (Å²) in [5.74, 6) is 0. The molecule has 106 valence electrons. The first kappa shape index (κ1) is 14.1. The van der Waals surface area contributed by atoms with Gasteiger partial charge in [-0.2, -0.15) is 0 Å². The summed E-state index contributed by atoms with van der Waals surface area (Å²) in [5.41, 5.74) is 7.04. The number of rotatable bonds is 2. The van der Waals surface area contributed by atoms with Crippen LogP contribution in [0.5, 0.6) is 0 Å². The summed E-state index contributed by atoms with van der Waals surface area (Å²) in [7, 11) is -3.76. The molecule has 1 aromatic rings. The second-order valence-corrected chi connectivity index (χ2v) is 7.45. The van der Waals surface area contributed by atoms with E-state index in [2.05, 4.69) is 18.7 Å². The van der Waals surface area contributed by atoms with Gasteiger partial charge < -0.3 is 10.6 Å². The van der Waals surface area contributed by atoms with Gasteiger partial charge in [0.15, 0.2) is 0 Å². The summed E-state index contributed by atoms with van der Waals surface area (Å²) in [5, 5.41) is 5.28. The molecule has 0 amide bonds. The highest BCUT2D eigenvalue weighted by Gasteiger charge is 2.28. The third-order valence-corrected chi connectivity index (χ3v) is 4.69. The van der Waals surface area contributed by atoms with Gasteiger partial charge in [-0.05, 0) is 36.5 Å². The lowest BCUT2D eigenvalue weighted by molar-refractivity contribution is 0.279. The summed E-state index contributed by atoms with van der Waals surface area (Å²) in [6.45, 7) is 6.13. The lowest BCUT2D eigenvalue weighted by Crippen LogP contribution is -2.38. The lowest BCUT2D eigenvalue weighted by Gasteiger charge is -2.38. The summed E-state index contributed by atoms with van der Waals surface area (Å²) in [6.07, 6.45) is 2.06. The summed E-state index contributed by atoms with van der Waals surface area (Å²) in [4.78, 5) is 2.19.